The summed E-state index contributed by atoms with van der Waals surface area (Å²) < 4.78 is 18.7. The lowest BCUT2D eigenvalue weighted by atomic mass is 10.0. The number of carbonyl (C=O) groups is 2. The van der Waals surface area contributed by atoms with E-state index in [9.17, 15) is 9.59 Å². The molecule has 0 radical (unpaired) electrons. The Balaban J connectivity index is 1.36. The summed E-state index contributed by atoms with van der Waals surface area (Å²) >= 11 is 0. The molecule has 0 spiro atoms. The number of ether oxygens (including phenoxy) is 3. The Hall–Kier alpha value is -5.65. The first-order valence-corrected chi connectivity index (χ1v) is 16.3. The molecule has 12 heteroatoms. The zero-order chi connectivity index (χ0) is 34.5. The summed E-state index contributed by atoms with van der Waals surface area (Å²) in [5, 5.41) is 12.3. The second-order valence-corrected chi connectivity index (χ2v) is 12.8. The smallest absolute Gasteiger partial charge is 0.410 e. The lowest BCUT2D eigenvalue weighted by molar-refractivity contribution is 0.0169. The van der Waals surface area contributed by atoms with Crippen LogP contribution in [0.1, 0.15) is 55.6 Å². The number of fused-ring (bicyclic) bond motifs is 1. The Morgan fingerprint density at radius 2 is 1.78 bits per heavy atom. The highest BCUT2D eigenvalue weighted by molar-refractivity contribution is 6.05. The number of carbonyl (C=O) groups excluding carboxylic acids is 2. The van der Waals surface area contributed by atoms with Crippen LogP contribution < -0.4 is 20.1 Å². The molecule has 5 aromatic rings. The van der Waals surface area contributed by atoms with E-state index in [-0.39, 0.29) is 18.0 Å². The molecule has 0 unspecified atom stereocenters. The van der Waals surface area contributed by atoms with Gasteiger partial charge in [-0.05, 0) is 76.1 Å². The maximum atomic E-state index is 13.0. The zero-order valence-electron chi connectivity index (χ0n) is 28.4. The SMILES string of the molecule is COc1ccc(CNc2nccc3c2c(-c2ccc(C(=O)Nc4ccccn4)cc2)nn3[C@H]2CCCN(C(=O)OC(C)(C)C)C2)c(OC)c1. The number of piperidine rings is 1. The fraction of sp³-hybridized carbons (Fsp3) is 0.324. The molecule has 2 N–H and O–H groups in total. The van der Waals surface area contributed by atoms with Gasteiger partial charge in [0.05, 0.1) is 31.2 Å². The minimum Gasteiger partial charge on any atom is -0.497 e. The highest BCUT2D eigenvalue weighted by Crippen LogP contribution is 2.37. The molecule has 12 nitrogen and oxygen atoms in total. The quantitative estimate of drug-likeness (QED) is 0.172. The molecule has 1 saturated heterocycles. The van der Waals surface area contributed by atoms with Crippen LogP contribution in [-0.4, -0.2) is 69.6 Å². The van der Waals surface area contributed by atoms with Crippen LogP contribution in [0.4, 0.5) is 16.4 Å². The molecule has 4 heterocycles. The van der Waals surface area contributed by atoms with E-state index < -0.39 is 5.60 Å². The number of amides is 2. The van der Waals surface area contributed by atoms with Crippen LogP contribution in [0, 0.1) is 0 Å². The molecule has 1 aliphatic rings. The molecule has 49 heavy (non-hydrogen) atoms. The van der Waals surface area contributed by atoms with E-state index in [2.05, 4.69) is 15.6 Å². The molecule has 2 aromatic carbocycles. The molecule has 0 bridgehead atoms. The summed E-state index contributed by atoms with van der Waals surface area (Å²) in [5.41, 5.74) is 3.23. The minimum absolute atomic E-state index is 0.0853. The van der Waals surface area contributed by atoms with Gasteiger partial charge < -0.3 is 29.7 Å². The predicted molar refractivity (Wildman–Crippen MR) is 188 cm³/mol. The number of methoxy groups -OCH3 is 2. The van der Waals surface area contributed by atoms with Crippen LogP contribution >= 0.6 is 0 Å². The first-order valence-electron chi connectivity index (χ1n) is 16.3. The van der Waals surface area contributed by atoms with E-state index in [0.29, 0.717) is 54.0 Å². The van der Waals surface area contributed by atoms with Crippen LogP contribution in [0.3, 0.4) is 0 Å². The summed E-state index contributed by atoms with van der Waals surface area (Å²) in [6.45, 7) is 7.14. The number of pyridine rings is 2. The third-order valence-corrected chi connectivity index (χ3v) is 8.28. The highest BCUT2D eigenvalue weighted by atomic mass is 16.6. The highest BCUT2D eigenvalue weighted by Gasteiger charge is 2.31. The number of anilines is 2. The number of rotatable bonds is 9. The third kappa shape index (κ3) is 7.58. The lowest BCUT2D eigenvalue weighted by Gasteiger charge is -2.34. The van der Waals surface area contributed by atoms with Crippen molar-refractivity contribution in [2.45, 2.75) is 51.8 Å². The van der Waals surface area contributed by atoms with Crippen molar-refractivity contribution in [3.05, 3.63) is 90.3 Å². The Morgan fingerprint density at radius 1 is 0.959 bits per heavy atom. The Kier molecular flexibility index (Phi) is 9.65. The largest absolute Gasteiger partial charge is 0.497 e. The average molecular weight is 664 g/mol. The Morgan fingerprint density at radius 3 is 2.49 bits per heavy atom. The van der Waals surface area contributed by atoms with Gasteiger partial charge in [-0.2, -0.15) is 5.10 Å². The van der Waals surface area contributed by atoms with Crippen molar-refractivity contribution in [2.75, 3.05) is 37.9 Å². The van der Waals surface area contributed by atoms with E-state index in [1.807, 2.05) is 67.9 Å². The summed E-state index contributed by atoms with van der Waals surface area (Å²) in [4.78, 5) is 36.7. The van der Waals surface area contributed by atoms with Crippen molar-refractivity contribution in [3.63, 3.8) is 0 Å². The van der Waals surface area contributed by atoms with Crippen molar-refractivity contribution in [2.24, 2.45) is 0 Å². The molecule has 1 aliphatic heterocycles. The topological polar surface area (TPSA) is 133 Å². The van der Waals surface area contributed by atoms with E-state index in [1.54, 1.807) is 55.8 Å². The zero-order valence-corrected chi connectivity index (χ0v) is 28.4. The van der Waals surface area contributed by atoms with Gasteiger partial charge in [0.2, 0.25) is 0 Å². The fourth-order valence-corrected chi connectivity index (χ4v) is 5.93. The number of benzene rings is 2. The summed E-state index contributed by atoms with van der Waals surface area (Å²) in [6.07, 6.45) is 4.72. The van der Waals surface area contributed by atoms with E-state index in [4.69, 9.17) is 24.3 Å². The second kappa shape index (κ2) is 14.2. The van der Waals surface area contributed by atoms with Gasteiger partial charge in [0, 0.05) is 54.8 Å². The molecule has 3 aromatic heterocycles. The Bertz CT molecular complexity index is 1940. The number of nitrogens with zero attached hydrogens (tertiary/aromatic N) is 5. The normalized spacial score (nSPS) is 14.7. The van der Waals surface area contributed by atoms with Crippen molar-refractivity contribution >= 4 is 34.5 Å². The molecule has 1 fully saturated rings. The molecule has 0 saturated carbocycles. The average Bonchev–Trinajstić information content (AvgIpc) is 3.51. The lowest BCUT2D eigenvalue weighted by Crippen LogP contribution is -2.43. The first-order chi connectivity index (χ1) is 23.6. The molecule has 1 atom stereocenters. The van der Waals surface area contributed by atoms with Gasteiger partial charge in [-0.3, -0.25) is 9.48 Å². The summed E-state index contributed by atoms with van der Waals surface area (Å²) in [5.74, 6) is 2.26. The van der Waals surface area contributed by atoms with Gasteiger partial charge in [-0.1, -0.05) is 18.2 Å². The molecular weight excluding hydrogens is 622 g/mol. The van der Waals surface area contributed by atoms with Gasteiger partial charge in [-0.25, -0.2) is 14.8 Å². The molecule has 2 amide bonds. The van der Waals surface area contributed by atoms with Crippen LogP contribution in [0.2, 0.25) is 0 Å². The van der Waals surface area contributed by atoms with Crippen molar-refractivity contribution in [1.29, 1.82) is 0 Å². The second-order valence-electron chi connectivity index (χ2n) is 12.8. The van der Waals surface area contributed by atoms with Gasteiger partial charge >= 0.3 is 6.09 Å². The van der Waals surface area contributed by atoms with E-state index in [0.717, 1.165) is 34.9 Å². The summed E-state index contributed by atoms with van der Waals surface area (Å²) in [7, 11) is 3.25. The van der Waals surface area contributed by atoms with Crippen LogP contribution in [-0.2, 0) is 11.3 Å². The third-order valence-electron chi connectivity index (χ3n) is 8.28. The van der Waals surface area contributed by atoms with Gasteiger partial charge in [-0.15, -0.1) is 0 Å². The number of likely N-dealkylation sites (tertiary alicyclic amines) is 1. The van der Waals surface area contributed by atoms with Gasteiger partial charge in [0.25, 0.3) is 5.91 Å². The maximum Gasteiger partial charge on any atom is 0.410 e. The van der Waals surface area contributed by atoms with Crippen molar-refractivity contribution in [1.82, 2.24) is 24.6 Å². The molecule has 6 rings (SSSR count). The molecular formula is C37H41N7O5. The van der Waals surface area contributed by atoms with Crippen molar-refractivity contribution < 1.29 is 23.8 Å². The maximum absolute atomic E-state index is 13.0. The first kappa shape index (κ1) is 33.3. The fourth-order valence-electron chi connectivity index (χ4n) is 5.93. The number of aromatic nitrogens is 4. The standard InChI is InChI=1S/C37H41N7O5/c1-37(2,3)49-36(46)43-20-8-9-27(23-43)44-29-17-19-39-34(40-22-26-15-16-28(47-4)21-30(26)48-5)32(29)33(42-44)24-11-13-25(14-12-24)35(45)41-31-10-6-7-18-38-31/h6-7,10-19,21,27H,8-9,20,22-23H2,1-5H3,(H,39,40)(H,38,41,45)/t27-/m0/s1. The van der Waals surface area contributed by atoms with E-state index >= 15 is 0 Å². The predicted octanol–water partition coefficient (Wildman–Crippen LogP) is 6.95. The molecule has 254 valence electrons. The minimum atomic E-state index is -0.588. The van der Waals surface area contributed by atoms with Gasteiger partial charge in [0.1, 0.15) is 34.4 Å². The molecule has 0 aliphatic carbocycles. The van der Waals surface area contributed by atoms with Crippen LogP contribution in [0.15, 0.2) is 79.1 Å². The van der Waals surface area contributed by atoms with Crippen molar-refractivity contribution in [3.8, 4) is 22.8 Å². The van der Waals surface area contributed by atoms with E-state index in [1.165, 1.54) is 0 Å². The van der Waals surface area contributed by atoms with Gasteiger partial charge in [0.15, 0.2) is 0 Å². The van der Waals surface area contributed by atoms with Crippen LogP contribution in [0.5, 0.6) is 11.5 Å². The summed E-state index contributed by atoms with van der Waals surface area (Å²) in [6, 6.07) is 20.2. The Labute approximate surface area is 285 Å². The number of hydrogen-bond acceptors (Lipinski definition) is 9. The number of nitrogens with one attached hydrogen (secondary N) is 2. The monoisotopic (exact) mass is 663 g/mol. The van der Waals surface area contributed by atoms with Crippen LogP contribution in [0.25, 0.3) is 22.2 Å². The number of hydrogen-bond donors (Lipinski definition) is 2.